The number of aromatic nitrogens is 4. The van der Waals surface area contributed by atoms with Crippen LogP contribution in [0.3, 0.4) is 0 Å². The molecular formula is C20H24N6O2S. The molecule has 2 atom stereocenters. The van der Waals surface area contributed by atoms with Crippen molar-refractivity contribution in [1.29, 1.82) is 0 Å². The highest BCUT2D eigenvalue weighted by Gasteiger charge is 2.31. The van der Waals surface area contributed by atoms with E-state index >= 15 is 0 Å². The molecule has 1 saturated heterocycles. The van der Waals surface area contributed by atoms with Crippen molar-refractivity contribution in [3.8, 4) is 11.4 Å². The first-order chi connectivity index (χ1) is 14.0. The summed E-state index contributed by atoms with van der Waals surface area (Å²) in [6.45, 7) is 4.16. The standard InChI is InChI=1S/C20H24N6O2S/c1-13-12-28-10-9-26(13)18-11-17(25-29(2,27)14-3-4-14)23-20(24-18)16-6-8-22-19-15(16)5-7-21-19/h5-8,11,13-14H,3-4,9-10,12H2,1-2H3,(H,21,22)/t13-,29-/m1/s1. The van der Waals surface area contributed by atoms with E-state index in [9.17, 15) is 4.21 Å². The Morgan fingerprint density at radius 2 is 2.17 bits per heavy atom. The van der Waals surface area contributed by atoms with E-state index in [1.807, 2.05) is 24.4 Å². The summed E-state index contributed by atoms with van der Waals surface area (Å²) in [6.07, 6.45) is 7.27. The average Bonchev–Trinajstić information content (AvgIpc) is 3.46. The van der Waals surface area contributed by atoms with Gasteiger partial charge >= 0.3 is 0 Å². The Labute approximate surface area is 169 Å². The number of pyridine rings is 1. The number of nitrogens with one attached hydrogen (secondary N) is 1. The Morgan fingerprint density at radius 1 is 1.31 bits per heavy atom. The molecule has 0 aromatic carbocycles. The SMILES string of the molecule is C[C@@H]1COCCN1c1cc(N=[S@](C)(=O)C2CC2)nc(-c2ccnc3[nH]ccc23)n1. The lowest BCUT2D eigenvalue weighted by molar-refractivity contribution is 0.0985. The van der Waals surface area contributed by atoms with Crippen molar-refractivity contribution in [2.45, 2.75) is 31.1 Å². The second-order valence-electron chi connectivity index (χ2n) is 7.78. The van der Waals surface area contributed by atoms with Crippen LogP contribution in [-0.4, -0.2) is 61.5 Å². The van der Waals surface area contributed by atoms with Crippen LogP contribution in [0.5, 0.6) is 0 Å². The Kier molecular flexibility index (Phi) is 4.51. The first-order valence-corrected chi connectivity index (χ1v) is 11.9. The molecule has 4 heterocycles. The molecular weight excluding hydrogens is 388 g/mol. The highest BCUT2D eigenvalue weighted by atomic mass is 32.2. The molecule has 152 valence electrons. The van der Waals surface area contributed by atoms with Gasteiger partial charge in [-0.1, -0.05) is 0 Å². The normalized spacial score (nSPS) is 21.9. The smallest absolute Gasteiger partial charge is 0.167 e. The predicted molar refractivity (Wildman–Crippen MR) is 114 cm³/mol. The minimum Gasteiger partial charge on any atom is -0.377 e. The lowest BCUT2D eigenvalue weighted by Crippen LogP contribution is -2.44. The number of rotatable bonds is 4. The molecule has 1 aliphatic carbocycles. The van der Waals surface area contributed by atoms with E-state index in [1.54, 1.807) is 12.5 Å². The zero-order valence-electron chi connectivity index (χ0n) is 16.5. The fourth-order valence-electron chi connectivity index (χ4n) is 3.73. The third-order valence-corrected chi connectivity index (χ3v) is 7.74. The van der Waals surface area contributed by atoms with Crippen LogP contribution >= 0.6 is 0 Å². The van der Waals surface area contributed by atoms with Crippen molar-refractivity contribution >= 4 is 32.4 Å². The lowest BCUT2D eigenvalue weighted by atomic mass is 10.1. The van der Waals surface area contributed by atoms with E-state index in [1.165, 1.54) is 0 Å². The highest BCUT2D eigenvalue weighted by Crippen LogP contribution is 2.33. The largest absolute Gasteiger partial charge is 0.377 e. The van der Waals surface area contributed by atoms with Crippen molar-refractivity contribution in [3.05, 3.63) is 30.6 Å². The van der Waals surface area contributed by atoms with E-state index < -0.39 is 9.73 Å². The molecule has 3 aromatic rings. The van der Waals surface area contributed by atoms with E-state index in [0.717, 1.165) is 41.8 Å². The maximum Gasteiger partial charge on any atom is 0.167 e. The van der Waals surface area contributed by atoms with Crippen molar-refractivity contribution in [1.82, 2.24) is 19.9 Å². The van der Waals surface area contributed by atoms with Gasteiger partial charge in [0.25, 0.3) is 0 Å². The molecule has 1 N–H and O–H groups in total. The minimum atomic E-state index is -2.31. The number of hydrogen-bond donors (Lipinski definition) is 1. The Morgan fingerprint density at radius 3 is 2.97 bits per heavy atom. The van der Waals surface area contributed by atoms with E-state index in [2.05, 4.69) is 26.2 Å². The first-order valence-electron chi connectivity index (χ1n) is 9.88. The lowest BCUT2D eigenvalue weighted by Gasteiger charge is -2.34. The quantitative estimate of drug-likeness (QED) is 0.707. The number of aromatic amines is 1. The average molecular weight is 413 g/mol. The number of H-pyrrole nitrogens is 1. The van der Waals surface area contributed by atoms with Crippen LogP contribution in [0.1, 0.15) is 19.8 Å². The van der Waals surface area contributed by atoms with Crippen LogP contribution in [0.4, 0.5) is 11.6 Å². The van der Waals surface area contributed by atoms with Gasteiger partial charge in [-0.25, -0.2) is 19.2 Å². The molecule has 2 aliphatic rings. The number of nitrogens with zero attached hydrogens (tertiary/aromatic N) is 5. The van der Waals surface area contributed by atoms with Gasteiger partial charge in [-0.15, -0.1) is 0 Å². The fraction of sp³-hybridized carbons (Fsp3) is 0.450. The minimum absolute atomic E-state index is 0.170. The fourth-order valence-corrected chi connectivity index (χ4v) is 5.35. The molecule has 1 aliphatic heterocycles. The van der Waals surface area contributed by atoms with Crippen LogP contribution in [0.2, 0.25) is 0 Å². The second kappa shape index (κ2) is 7.07. The molecule has 0 spiro atoms. The van der Waals surface area contributed by atoms with Crippen molar-refractivity contribution in [2.75, 3.05) is 30.9 Å². The summed E-state index contributed by atoms with van der Waals surface area (Å²) in [5.41, 5.74) is 1.66. The third-order valence-electron chi connectivity index (χ3n) is 5.48. The number of morpholine rings is 1. The monoisotopic (exact) mass is 412 g/mol. The number of hydrogen-bond acceptors (Lipinski definition) is 7. The molecule has 5 rings (SSSR count). The second-order valence-corrected chi connectivity index (χ2v) is 10.3. The third kappa shape index (κ3) is 3.60. The summed E-state index contributed by atoms with van der Waals surface area (Å²) in [7, 11) is -2.31. The van der Waals surface area contributed by atoms with Gasteiger partial charge in [-0.05, 0) is 31.9 Å². The van der Waals surface area contributed by atoms with Gasteiger partial charge in [0.2, 0.25) is 0 Å². The number of anilines is 1. The van der Waals surface area contributed by atoms with Crippen LogP contribution in [-0.2, 0) is 14.5 Å². The van der Waals surface area contributed by atoms with E-state index in [0.29, 0.717) is 24.9 Å². The molecule has 0 unspecified atom stereocenters. The van der Waals surface area contributed by atoms with E-state index in [-0.39, 0.29) is 11.3 Å². The summed E-state index contributed by atoms with van der Waals surface area (Å²) in [4.78, 5) is 19.2. The molecule has 1 saturated carbocycles. The topological polar surface area (TPSA) is 96.4 Å². The Hall–Kier alpha value is -2.52. The van der Waals surface area contributed by atoms with Gasteiger partial charge in [0, 0.05) is 47.5 Å². The molecule has 8 nitrogen and oxygen atoms in total. The van der Waals surface area contributed by atoms with Gasteiger partial charge < -0.3 is 14.6 Å². The van der Waals surface area contributed by atoms with Crippen molar-refractivity contribution in [2.24, 2.45) is 4.36 Å². The molecule has 2 fully saturated rings. The zero-order chi connectivity index (χ0) is 20.0. The van der Waals surface area contributed by atoms with Crippen LogP contribution in [0.25, 0.3) is 22.4 Å². The summed E-state index contributed by atoms with van der Waals surface area (Å²) in [5.74, 6) is 1.83. The maximum absolute atomic E-state index is 13.0. The van der Waals surface area contributed by atoms with Gasteiger partial charge in [0.15, 0.2) is 11.6 Å². The molecule has 29 heavy (non-hydrogen) atoms. The van der Waals surface area contributed by atoms with Crippen molar-refractivity contribution in [3.63, 3.8) is 0 Å². The van der Waals surface area contributed by atoms with E-state index in [4.69, 9.17) is 14.7 Å². The van der Waals surface area contributed by atoms with Crippen LogP contribution in [0, 0.1) is 0 Å². The van der Waals surface area contributed by atoms with Gasteiger partial charge in [0.05, 0.1) is 29.0 Å². The molecule has 9 heteroatoms. The first kappa shape index (κ1) is 18.5. The summed E-state index contributed by atoms with van der Waals surface area (Å²) in [6, 6.07) is 5.92. The summed E-state index contributed by atoms with van der Waals surface area (Å²) >= 11 is 0. The molecule has 0 radical (unpaired) electrons. The Balaban J connectivity index is 1.68. The Bertz CT molecular complexity index is 1180. The molecule has 0 bridgehead atoms. The predicted octanol–water partition coefficient (Wildman–Crippen LogP) is 3.14. The van der Waals surface area contributed by atoms with Crippen LogP contribution in [0.15, 0.2) is 35.0 Å². The number of ether oxygens (including phenoxy) is 1. The molecule has 3 aromatic heterocycles. The van der Waals surface area contributed by atoms with Gasteiger partial charge in [0.1, 0.15) is 11.5 Å². The summed E-state index contributed by atoms with van der Waals surface area (Å²) < 4.78 is 23.2. The van der Waals surface area contributed by atoms with Gasteiger partial charge in [-0.2, -0.15) is 4.36 Å². The van der Waals surface area contributed by atoms with Crippen LogP contribution < -0.4 is 4.90 Å². The summed E-state index contributed by atoms with van der Waals surface area (Å²) in [5, 5.41) is 1.12. The highest BCUT2D eigenvalue weighted by molar-refractivity contribution is 7.93. The van der Waals surface area contributed by atoms with Gasteiger partial charge in [-0.3, -0.25) is 0 Å². The zero-order valence-corrected chi connectivity index (χ0v) is 17.4. The van der Waals surface area contributed by atoms with Crippen molar-refractivity contribution < 1.29 is 8.95 Å². The maximum atomic E-state index is 13.0. The molecule has 0 amide bonds. The number of fused-ring (bicyclic) bond motifs is 1.